The third kappa shape index (κ3) is 1.77. The van der Waals surface area contributed by atoms with E-state index in [0.717, 1.165) is 0 Å². The van der Waals surface area contributed by atoms with Gasteiger partial charge in [-0.15, -0.1) is 0 Å². The molecule has 1 aromatic rings. The van der Waals surface area contributed by atoms with Gasteiger partial charge in [0.15, 0.2) is 5.69 Å². The second-order valence-corrected chi connectivity index (χ2v) is 2.82. The van der Waals surface area contributed by atoms with Crippen molar-refractivity contribution in [2.75, 3.05) is 0 Å². The molecule has 14 heavy (non-hydrogen) atoms. The molecule has 0 aliphatic carbocycles. The summed E-state index contributed by atoms with van der Waals surface area (Å²) >= 11 is 0. The van der Waals surface area contributed by atoms with Crippen molar-refractivity contribution in [2.45, 2.75) is 6.92 Å². The highest BCUT2D eigenvalue weighted by atomic mass is 16.4. The van der Waals surface area contributed by atoms with E-state index in [4.69, 9.17) is 10.4 Å². The highest BCUT2D eigenvalue weighted by Crippen LogP contribution is 2.16. The quantitative estimate of drug-likeness (QED) is 0.766. The van der Waals surface area contributed by atoms with Crippen LogP contribution in [0, 0.1) is 11.3 Å². The Morgan fingerprint density at radius 1 is 1.71 bits per heavy atom. The summed E-state index contributed by atoms with van der Waals surface area (Å²) in [5, 5.41) is 17.4. The molecule has 1 heterocycles. The molecule has 70 valence electrons. The maximum Gasteiger partial charge on any atom is 0.355 e. The highest BCUT2D eigenvalue weighted by molar-refractivity contribution is 5.91. The van der Waals surface area contributed by atoms with Crippen LogP contribution in [-0.2, 0) is 0 Å². The minimum absolute atomic E-state index is 0.0727. The summed E-state index contributed by atoms with van der Waals surface area (Å²) in [6.45, 7) is 5.30. The van der Waals surface area contributed by atoms with Crippen LogP contribution in [0.15, 0.2) is 18.8 Å². The zero-order valence-corrected chi connectivity index (χ0v) is 7.61. The standard InChI is InChI=1S/C10H8N2O2/c1-6(2)8-3-7(4-11)5-12-9(8)10(13)14/h3,5H,1H2,2H3,(H,13,14). The lowest BCUT2D eigenvalue weighted by molar-refractivity contribution is 0.0690. The Morgan fingerprint density at radius 2 is 2.36 bits per heavy atom. The summed E-state index contributed by atoms with van der Waals surface area (Å²) in [7, 11) is 0. The van der Waals surface area contributed by atoms with Crippen molar-refractivity contribution in [3.8, 4) is 6.07 Å². The molecule has 0 aliphatic heterocycles. The molecule has 4 heteroatoms. The maximum absolute atomic E-state index is 10.7. The Morgan fingerprint density at radius 3 is 2.79 bits per heavy atom. The molecule has 1 N–H and O–H groups in total. The van der Waals surface area contributed by atoms with E-state index in [2.05, 4.69) is 11.6 Å². The lowest BCUT2D eigenvalue weighted by Gasteiger charge is -2.03. The Bertz CT molecular complexity index is 444. The normalized spacial score (nSPS) is 9.14. The summed E-state index contributed by atoms with van der Waals surface area (Å²) in [6, 6.07) is 3.36. The highest BCUT2D eigenvalue weighted by Gasteiger charge is 2.12. The van der Waals surface area contributed by atoms with Crippen LogP contribution in [0.3, 0.4) is 0 Å². The first-order valence-corrected chi connectivity index (χ1v) is 3.85. The average Bonchev–Trinajstić information content (AvgIpc) is 2.16. The molecule has 0 fully saturated rings. The molecule has 0 unspecified atom stereocenters. The number of aromatic carboxylic acids is 1. The first kappa shape index (κ1) is 9.93. The van der Waals surface area contributed by atoms with Gasteiger partial charge < -0.3 is 5.11 Å². The topological polar surface area (TPSA) is 74.0 Å². The van der Waals surface area contributed by atoms with Crippen LogP contribution in [0.4, 0.5) is 0 Å². The molecule has 0 bridgehead atoms. The van der Waals surface area contributed by atoms with Crippen LogP contribution >= 0.6 is 0 Å². The monoisotopic (exact) mass is 188 g/mol. The molecular weight excluding hydrogens is 180 g/mol. The molecule has 0 aliphatic rings. The summed E-state index contributed by atoms with van der Waals surface area (Å²) in [5.41, 5.74) is 1.23. The van der Waals surface area contributed by atoms with Crippen LogP contribution in [0.1, 0.15) is 28.5 Å². The minimum Gasteiger partial charge on any atom is -0.476 e. The van der Waals surface area contributed by atoms with E-state index in [1.54, 1.807) is 6.92 Å². The molecular formula is C10H8N2O2. The predicted molar refractivity (Wildman–Crippen MR) is 50.6 cm³/mol. The van der Waals surface area contributed by atoms with E-state index < -0.39 is 5.97 Å². The van der Waals surface area contributed by atoms with Gasteiger partial charge in [0.25, 0.3) is 0 Å². The van der Waals surface area contributed by atoms with Crippen LogP contribution in [0.5, 0.6) is 0 Å². The molecule has 4 nitrogen and oxygen atoms in total. The van der Waals surface area contributed by atoms with E-state index in [1.807, 2.05) is 6.07 Å². The van der Waals surface area contributed by atoms with Crippen LogP contribution in [0.25, 0.3) is 5.57 Å². The van der Waals surface area contributed by atoms with Gasteiger partial charge in [-0.2, -0.15) is 5.26 Å². The lowest BCUT2D eigenvalue weighted by Crippen LogP contribution is -2.04. The summed E-state index contributed by atoms with van der Waals surface area (Å²) in [5.74, 6) is -1.12. The number of pyridine rings is 1. The number of rotatable bonds is 2. The zero-order chi connectivity index (χ0) is 10.7. The first-order chi connectivity index (χ1) is 6.56. The number of carbonyl (C=O) groups is 1. The minimum atomic E-state index is -1.12. The predicted octanol–water partition coefficient (Wildman–Crippen LogP) is 1.68. The van der Waals surface area contributed by atoms with E-state index in [0.29, 0.717) is 16.7 Å². The lowest BCUT2D eigenvalue weighted by atomic mass is 10.1. The van der Waals surface area contributed by atoms with Gasteiger partial charge in [-0.25, -0.2) is 9.78 Å². The van der Waals surface area contributed by atoms with Crippen LogP contribution in [-0.4, -0.2) is 16.1 Å². The molecule has 0 amide bonds. The number of carboxylic acids is 1. The van der Waals surface area contributed by atoms with Crippen molar-refractivity contribution >= 4 is 11.5 Å². The molecule has 1 aromatic heterocycles. The zero-order valence-electron chi connectivity index (χ0n) is 7.61. The molecule has 0 radical (unpaired) electrons. The average molecular weight is 188 g/mol. The van der Waals surface area contributed by atoms with Gasteiger partial charge >= 0.3 is 5.97 Å². The number of nitriles is 1. The Kier molecular flexibility index (Phi) is 2.63. The number of aromatic nitrogens is 1. The maximum atomic E-state index is 10.7. The number of nitrogens with zero attached hydrogens (tertiary/aromatic N) is 2. The van der Waals surface area contributed by atoms with Crippen LogP contribution in [0.2, 0.25) is 0 Å². The smallest absolute Gasteiger partial charge is 0.355 e. The van der Waals surface area contributed by atoms with E-state index in [-0.39, 0.29) is 5.69 Å². The summed E-state index contributed by atoms with van der Waals surface area (Å²) in [4.78, 5) is 14.4. The van der Waals surface area contributed by atoms with Crippen molar-refractivity contribution < 1.29 is 9.90 Å². The van der Waals surface area contributed by atoms with Crippen molar-refractivity contribution in [3.63, 3.8) is 0 Å². The van der Waals surface area contributed by atoms with Crippen molar-refractivity contribution in [3.05, 3.63) is 35.7 Å². The number of allylic oxidation sites excluding steroid dienone is 1. The van der Waals surface area contributed by atoms with Crippen LogP contribution < -0.4 is 0 Å². The summed E-state index contributed by atoms with van der Waals surface area (Å²) in [6.07, 6.45) is 1.23. The Labute approximate surface area is 81.1 Å². The van der Waals surface area contributed by atoms with Crippen molar-refractivity contribution in [2.24, 2.45) is 0 Å². The third-order valence-electron chi connectivity index (χ3n) is 1.68. The largest absolute Gasteiger partial charge is 0.476 e. The van der Waals surface area contributed by atoms with Gasteiger partial charge in [-0.3, -0.25) is 0 Å². The number of hydrogen-bond acceptors (Lipinski definition) is 3. The van der Waals surface area contributed by atoms with E-state index >= 15 is 0 Å². The Balaban J connectivity index is 3.40. The number of carboxylic acid groups (broad SMARTS) is 1. The molecule has 1 rings (SSSR count). The van der Waals surface area contributed by atoms with Gasteiger partial charge in [0.05, 0.1) is 5.56 Å². The second-order valence-electron chi connectivity index (χ2n) is 2.82. The van der Waals surface area contributed by atoms with E-state index in [9.17, 15) is 4.79 Å². The van der Waals surface area contributed by atoms with Gasteiger partial charge in [0.2, 0.25) is 0 Å². The van der Waals surface area contributed by atoms with Gasteiger partial charge in [-0.05, 0) is 18.6 Å². The van der Waals surface area contributed by atoms with Crippen molar-refractivity contribution in [1.29, 1.82) is 5.26 Å². The molecule has 0 saturated heterocycles. The van der Waals surface area contributed by atoms with Gasteiger partial charge in [0.1, 0.15) is 6.07 Å². The van der Waals surface area contributed by atoms with Gasteiger partial charge in [0, 0.05) is 11.8 Å². The summed E-state index contributed by atoms with van der Waals surface area (Å²) < 4.78 is 0. The van der Waals surface area contributed by atoms with Gasteiger partial charge in [-0.1, -0.05) is 6.58 Å². The fourth-order valence-electron chi connectivity index (χ4n) is 1.02. The second kappa shape index (κ2) is 3.71. The third-order valence-corrected chi connectivity index (χ3v) is 1.68. The SMILES string of the molecule is C=C(C)c1cc(C#N)cnc1C(=O)O. The fourth-order valence-corrected chi connectivity index (χ4v) is 1.02. The molecule has 0 spiro atoms. The fraction of sp³-hybridized carbons (Fsp3) is 0.100. The first-order valence-electron chi connectivity index (χ1n) is 3.85. The number of hydrogen-bond donors (Lipinski definition) is 1. The Hall–Kier alpha value is -2.15. The molecule has 0 atom stereocenters. The molecule has 0 aromatic carbocycles. The van der Waals surface area contributed by atoms with E-state index in [1.165, 1.54) is 12.3 Å². The van der Waals surface area contributed by atoms with Crippen molar-refractivity contribution in [1.82, 2.24) is 4.98 Å². The molecule has 0 saturated carbocycles.